The van der Waals surface area contributed by atoms with Gasteiger partial charge in [0.05, 0.1) is 0 Å². The molecule has 1 saturated carbocycles. The first-order valence-corrected chi connectivity index (χ1v) is 6.56. The number of nitrogens with two attached hydrogens (primary N) is 1. The Morgan fingerprint density at radius 2 is 1.88 bits per heavy atom. The molecule has 2 N–H and O–H groups in total. The van der Waals surface area contributed by atoms with Gasteiger partial charge >= 0.3 is 0 Å². The minimum Gasteiger partial charge on any atom is -0.345 e. The van der Waals surface area contributed by atoms with Gasteiger partial charge in [-0.25, -0.2) is 0 Å². The Labute approximate surface area is 99.4 Å². The molecule has 1 aliphatic carbocycles. The maximum absolute atomic E-state index is 12.2. The van der Waals surface area contributed by atoms with Crippen molar-refractivity contribution in [3.63, 3.8) is 0 Å². The molecule has 16 heavy (non-hydrogen) atoms. The molecule has 0 atom stereocenters. The lowest BCUT2D eigenvalue weighted by Gasteiger charge is -2.28. The molecule has 0 saturated heterocycles. The van der Waals surface area contributed by atoms with Crippen LogP contribution in [0.4, 0.5) is 0 Å². The molecule has 3 nitrogen and oxygen atoms in total. The van der Waals surface area contributed by atoms with Gasteiger partial charge in [0.15, 0.2) is 0 Å². The topological polar surface area (TPSA) is 46.3 Å². The van der Waals surface area contributed by atoms with E-state index in [-0.39, 0.29) is 5.41 Å². The van der Waals surface area contributed by atoms with Gasteiger partial charge in [0.25, 0.3) is 0 Å². The van der Waals surface area contributed by atoms with E-state index in [1.807, 2.05) is 11.9 Å². The summed E-state index contributed by atoms with van der Waals surface area (Å²) in [5.74, 6) is 0.345. The Morgan fingerprint density at radius 3 is 2.44 bits per heavy atom. The van der Waals surface area contributed by atoms with Gasteiger partial charge in [0.1, 0.15) is 0 Å². The molecule has 0 aromatic carbocycles. The smallest absolute Gasteiger partial charge is 0.228 e. The minimum absolute atomic E-state index is 0.0668. The van der Waals surface area contributed by atoms with Crippen LogP contribution in [-0.2, 0) is 4.79 Å². The van der Waals surface area contributed by atoms with Crippen molar-refractivity contribution in [2.75, 3.05) is 20.1 Å². The van der Waals surface area contributed by atoms with Crippen molar-refractivity contribution in [2.24, 2.45) is 11.1 Å². The highest BCUT2D eigenvalue weighted by atomic mass is 16.2. The largest absolute Gasteiger partial charge is 0.345 e. The molecule has 1 amide bonds. The number of nitrogens with zero attached hydrogens (tertiary/aromatic N) is 1. The van der Waals surface area contributed by atoms with E-state index in [1.165, 1.54) is 12.8 Å². The average Bonchev–Trinajstić information content (AvgIpc) is 2.71. The summed E-state index contributed by atoms with van der Waals surface area (Å²) in [6.45, 7) is 3.77. The first-order valence-electron chi connectivity index (χ1n) is 6.56. The molecule has 1 aliphatic rings. The van der Waals surface area contributed by atoms with Crippen LogP contribution in [0.5, 0.6) is 0 Å². The van der Waals surface area contributed by atoms with Crippen LogP contribution < -0.4 is 5.73 Å². The molecule has 0 spiro atoms. The highest BCUT2D eigenvalue weighted by Crippen LogP contribution is 2.38. The predicted molar refractivity (Wildman–Crippen MR) is 67.1 cm³/mol. The lowest BCUT2D eigenvalue weighted by molar-refractivity contribution is -0.139. The second-order valence-corrected chi connectivity index (χ2v) is 5.34. The third-order valence-corrected chi connectivity index (χ3v) is 3.77. The van der Waals surface area contributed by atoms with Gasteiger partial charge in [-0.15, -0.1) is 0 Å². The normalized spacial score (nSPS) is 18.7. The standard InChI is InChI=1S/C13H26N2O/c1-13(8-4-5-9-13)12(16)15(2)11-7-3-6-10-14/h3-11,14H2,1-2H3. The molecule has 1 rings (SSSR count). The number of unbranched alkanes of at least 4 members (excludes halogenated alkanes) is 2. The lowest BCUT2D eigenvalue weighted by atomic mass is 9.87. The fourth-order valence-electron chi connectivity index (χ4n) is 2.60. The van der Waals surface area contributed by atoms with Crippen molar-refractivity contribution >= 4 is 5.91 Å². The Morgan fingerprint density at radius 1 is 1.25 bits per heavy atom. The quantitative estimate of drug-likeness (QED) is 0.705. The summed E-state index contributed by atoms with van der Waals surface area (Å²) >= 11 is 0. The molecule has 0 aromatic rings. The molecule has 0 aliphatic heterocycles. The Kier molecular flexibility index (Phi) is 5.26. The molecule has 3 heteroatoms. The van der Waals surface area contributed by atoms with E-state index >= 15 is 0 Å². The Bertz CT molecular complexity index is 222. The number of rotatable bonds is 6. The number of carbonyl (C=O) groups excluding carboxylic acids is 1. The van der Waals surface area contributed by atoms with E-state index in [0.29, 0.717) is 5.91 Å². The second-order valence-electron chi connectivity index (χ2n) is 5.34. The zero-order valence-corrected chi connectivity index (χ0v) is 10.8. The van der Waals surface area contributed by atoms with Crippen molar-refractivity contribution < 1.29 is 4.79 Å². The first kappa shape index (κ1) is 13.5. The second kappa shape index (κ2) is 6.24. The molecule has 0 heterocycles. The van der Waals surface area contributed by atoms with E-state index in [2.05, 4.69) is 6.92 Å². The fraction of sp³-hybridized carbons (Fsp3) is 0.923. The highest BCUT2D eigenvalue weighted by Gasteiger charge is 2.37. The third kappa shape index (κ3) is 3.48. The fourth-order valence-corrected chi connectivity index (χ4v) is 2.60. The summed E-state index contributed by atoms with van der Waals surface area (Å²) < 4.78 is 0. The van der Waals surface area contributed by atoms with Crippen LogP contribution in [-0.4, -0.2) is 30.9 Å². The minimum atomic E-state index is -0.0668. The van der Waals surface area contributed by atoms with E-state index < -0.39 is 0 Å². The summed E-state index contributed by atoms with van der Waals surface area (Å²) in [6, 6.07) is 0. The SMILES string of the molecule is CN(CCCCCN)C(=O)C1(C)CCCC1. The Balaban J connectivity index is 2.30. The summed E-state index contributed by atoms with van der Waals surface area (Å²) in [5, 5.41) is 0. The zero-order valence-electron chi connectivity index (χ0n) is 10.8. The highest BCUT2D eigenvalue weighted by molar-refractivity contribution is 5.82. The third-order valence-electron chi connectivity index (χ3n) is 3.77. The van der Waals surface area contributed by atoms with Gasteiger partial charge in [-0.2, -0.15) is 0 Å². The van der Waals surface area contributed by atoms with Gasteiger partial charge in [-0.3, -0.25) is 4.79 Å². The van der Waals surface area contributed by atoms with Gasteiger partial charge < -0.3 is 10.6 Å². The van der Waals surface area contributed by atoms with Crippen LogP contribution in [0.15, 0.2) is 0 Å². The van der Waals surface area contributed by atoms with Crippen LogP contribution in [0.3, 0.4) is 0 Å². The number of carbonyl (C=O) groups is 1. The molecule has 94 valence electrons. The van der Waals surface area contributed by atoms with Gasteiger partial charge in [-0.05, 0) is 32.2 Å². The molecule has 0 aromatic heterocycles. The van der Waals surface area contributed by atoms with Crippen LogP contribution >= 0.6 is 0 Å². The predicted octanol–water partition coefficient (Wildman–Crippen LogP) is 2.15. The van der Waals surface area contributed by atoms with Gasteiger partial charge in [-0.1, -0.05) is 26.2 Å². The van der Waals surface area contributed by atoms with E-state index in [4.69, 9.17) is 5.73 Å². The van der Waals surface area contributed by atoms with Crippen LogP contribution in [0.2, 0.25) is 0 Å². The summed E-state index contributed by atoms with van der Waals surface area (Å²) in [7, 11) is 1.94. The van der Waals surface area contributed by atoms with Gasteiger partial charge in [0.2, 0.25) is 5.91 Å². The lowest BCUT2D eigenvalue weighted by Crippen LogP contribution is -2.39. The number of hydrogen-bond acceptors (Lipinski definition) is 2. The summed E-state index contributed by atoms with van der Waals surface area (Å²) in [4.78, 5) is 14.2. The van der Waals surface area contributed by atoms with Crippen LogP contribution in [0, 0.1) is 5.41 Å². The van der Waals surface area contributed by atoms with Crippen molar-refractivity contribution in [3.05, 3.63) is 0 Å². The van der Waals surface area contributed by atoms with Crippen molar-refractivity contribution in [3.8, 4) is 0 Å². The molecular formula is C13H26N2O. The maximum Gasteiger partial charge on any atom is 0.228 e. The molecule has 0 unspecified atom stereocenters. The van der Waals surface area contributed by atoms with E-state index in [9.17, 15) is 4.79 Å². The van der Waals surface area contributed by atoms with Crippen molar-refractivity contribution in [1.82, 2.24) is 4.90 Å². The molecular weight excluding hydrogens is 200 g/mol. The number of hydrogen-bond donors (Lipinski definition) is 1. The molecule has 0 radical (unpaired) electrons. The van der Waals surface area contributed by atoms with Crippen LogP contribution in [0.1, 0.15) is 51.9 Å². The van der Waals surface area contributed by atoms with E-state index in [0.717, 1.165) is 45.2 Å². The van der Waals surface area contributed by atoms with Crippen LogP contribution in [0.25, 0.3) is 0 Å². The number of amides is 1. The zero-order chi connectivity index (χ0) is 12.0. The summed E-state index contributed by atoms with van der Waals surface area (Å²) in [6.07, 6.45) is 7.84. The molecule has 0 bridgehead atoms. The van der Waals surface area contributed by atoms with E-state index in [1.54, 1.807) is 0 Å². The van der Waals surface area contributed by atoms with Gasteiger partial charge in [0, 0.05) is 19.0 Å². The maximum atomic E-state index is 12.2. The van der Waals surface area contributed by atoms with Crippen molar-refractivity contribution in [2.45, 2.75) is 51.9 Å². The monoisotopic (exact) mass is 226 g/mol. The van der Waals surface area contributed by atoms with Crippen molar-refractivity contribution in [1.29, 1.82) is 0 Å². The molecule has 1 fully saturated rings. The average molecular weight is 226 g/mol. The summed E-state index contributed by atoms with van der Waals surface area (Å²) in [5.41, 5.74) is 5.38. The first-order chi connectivity index (χ1) is 7.60. The Hall–Kier alpha value is -0.570.